The molecule has 0 amide bonds. The van der Waals surface area contributed by atoms with Gasteiger partial charge >= 0.3 is 5.97 Å². The Morgan fingerprint density at radius 2 is 2.21 bits per heavy atom. The monoisotopic (exact) mass is 324 g/mol. The third-order valence-corrected chi connectivity index (χ3v) is 2.76. The summed E-state index contributed by atoms with van der Waals surface area (Å²) in [5, 5.41) is 9.10. The van der Waals surface area contributed by atoms with Crippen molar-refractivity contribution in [2.45, 2.75) is 39.2 Å². The molecule has 0 fully saturated rings. The Hall–Kier alpha value is -1.41. The molecule has 0 saturated heterocycles. The molecule has 102 valence electrons. The number of esters is 1. The van der Waals surface area contributed by atoms with Gasteiger partial charge in [-0.05, 0) is 54.8 Å². The number of nitrogens with zero attached hydrogens (tertiary/aromatic N) is 2. The Bertz CT molecular complexity index is 472. The molecule has 1 aromatic rings. The van der Waals surface area contributed by atoms with Gasteiger partial charge in [0.05, 0.1) is 18.4 Å². The molecule has 1 aromatic heterocycles. The Kier molecular flexibility index (Phi) is 5.49. The van der Waals surface area contributed by atoms with E-state index in [1.165, 1.54) is 0 Å². The number of hydrogen-bond donors (Lipinski definition) is 0. The van der Waals surface area contributed by atoms with Gasteiger partial charge in [0.25, 0.3) is 0 Å². The van der Waals surface area contributed by atoms with E-state index in [4.69, 9.17) is 10.00 Å². The van der Waals surface area contributed by atoms with Crippen LogP contribution in [0.5, 0.6) is 0 Å². The summed E-state index contributed by atoms with van der Waals surface area (Å²) < 4.78 is 5.96. The quantitative estimate of drug-likeness (QED) is 0.630. The lowest BCUT2D eigenvalue weighted by Gasteiger charge is -2.20. The molecule has 0 aliphatic heterocycles. The maximum absolute atomic E-state index is 11.7. The van der Waals surface area contributed by atoms with E-state index in [0.717, 1.165) is 10.2 Å². The van der Waals surface area contributed by atoms with Crippen molar-refractivity contribution < 1.29 is 9.53 Å². The number of carbonyl (C=O) groups is 1. The second kappa shape index (κ2) is 6.67. The van der Waals surface area contributed by atoms with Crippen LogP contribution in [0.1, 0.15) is 32.8 Å². The zero-order valence-electron chi connectivity index (χ0n) is 11.3. The smallest absolute Gasteiger partial charge is 0.307 e. The number of ether oxygens (including phenoxy) is 1. The first-order valence-electron chi connectivity index (χ1n) is 6.02. The maximum Gasteiger partial charge on any atom is 0.307 e. The predicted octanol–water partition coefficient (Wildman–Crippen LogP) is 3.26. The molecule has 0 saturated carbocycles. The lowest BCUT2D eigenvalue weighted by Crippen LogP contribution is -2.25. The second-order valence-electron chi connectivity index (χ2n) is 5.31. The molecule has 0 bridgehead atoms. The maximum atomic E-state index is 11.7. The van der Waals surface area contributed by atoms with E-state index < -0.39 is 11.5 Å². The fraction of sp³-hybridized carbons (Fsp3) is 0.500. The van der Waals surface area contributed by atoms with Crippen LogP contribution in [-0.4, -0.2) is 16.6 Å². The van der Waals surface area contributed by atoms with Gasteiger partial charge in [-0.1, -0.05) is 6.07 Å². The summed E-state index contributed by atoms with van der Waals surface area (Å²) in [6.45, 7) is 5.43. The number of aromatic nitrogens is 1. The van der Waals surface area contributed by atoms with E-state index in [1.54, 1.807) is 6.20 Å². The molecule has 0 aliphatic rings. The second-order valence-corrected chi connectivity index (χ2v) is 6.12. The van der Waals surface area contributed by atoms with Crippen LogP contribution in [0, 0.1) is 17.2 Å². The minimum atomic E-state index is -0.518. The lowest BCUT2D eigenvalue weighted by atomic mass is 9.98. The first-order chi connectivity index (χ1) is 8.80. The SMILES string of the molecule is CC(C)(C)OC(=O)CC(C#N)Cc1ccc(Br)nc1. The zero-order valence-corrected chi connectivity index (χ0v) is 12.9. The van der Waals surface area contributed by atoms with Crippen LogP contribution in [-0.2, 0) is 16.0 Å². The zero-order chi connectivity index (χ0) is 14.5. The number of pyridine rings is 1. The van der Waals surface area contributed by atoms with E-state index in [0.29, 0.717) is 6.42 Å². The summed E-state index contributed by atoms with van der Waals surface area (Å²) >= 11 is 3.25. The highest BCUT2D eigenvalue weighted by atomic mass is 79.9. The number of rotatable bonds is 4. The van der Waals surface area contributed by atoms with Gasteiger partial charge in [0.1, 0.15) is 10.2 Å². The standard InChI is InChI=1S/C14H17BrN2O2/c1-14(2,3)19-13(18)7-11(8-16)6-10-4-5-12(15)17-9-10/h4-5,9,11H,6-7H2,1-3H3. The molecule has 4 nitrogen and oxygen atoms in total. The molecule has 0 N–H and O–H groups in total. The van der Waals surface area contributed by atoms with Crippen molar-refractivity contribution in [3.63, 3.8) is 0 Å². The van der Waals surface area contributed by atoms with Crippen molar-refractivity contribution in [3.8, 4) is 6.07 Å². The van der Waals surface area contributed by atoms with Gasteiger partial charge in [0, 0.05) is 6.20 Å². The van der Waals surface area contributed by atoms with Crippen LogP contribution in [0.3, 0.4) is 0 Å². The van der Waals surface area contributed by atoms with Crippen molar-refractivity contribution in [2.24, 2.45) is 5.92 Å². The minimum Gasteiger partial charge on any atom is -0.460 e. The predicted molar refractivity (Wildman–Crippen MR) is 75.2 cm³/mol. The summed E-state index contributed by atoms with van der Waals surface area (Å²) in [5.41, 5.74) is 0.411. The number of hydrogen-bond acceptors (Lipinski definition) is 4. The van der Waals surface area contributed by atoms with Gasteiger partial charge in [0.2, 0.25) is 0 Å². The highest BCUT2D eigenvalue weighted by molar-refractivity contribution is 9.10. The number of nitriles is 1. The first-order valence-corrected chi connectivity index (χ1v) is 6.81. The molecule has 0 aromatic carbocycles. The van der Waals surface area contributed by atoms with Crippen LogP contribution in [0.2, 0.25) is 0 Å². The molecule has 0 aliphatic carbocycles. The summed E-state index contributed by atoms with van der Waals surface area (Å²) in [4.78, 5) is 15.8. The highest BCUT2D eigenvalue weighted by Crippen LogP contribution is 2.16. The molecule has 19 heavy (non-hydrogen) atoms. The van der Waals surface area contributed by atoms with E-state index in [-0.39, 0.29) is 12.4 Å². The van der Waals surface area contributed by atoms with Gasteiger partial charge < -0.3 is 4.74 Å². The van der Waals surface area contributed by atoms with Crippen LogP contribution in [0.4, 0.5) is 0 Å². The summed E-state index contributed by atoms with van der Waals surface area (Å²) in [7, 11) is 0. The van der Waals surface area contributed by atoms with Crippen LogP contribution >= 0.6 is 15.9 Å². The van der Waals surface area contributed by atoms with Crippen molar-refractivity contribution >= 4 is 21.9 Å². The van der Waals surface area contributed by atoms with Crippen LogP contribution in [0.15, 0.2) is 22.9 Å². The van der Waals surface area contributed by atoms with Gasteiger partial charge in [-0.25, -0.2) is 4.98 Å². The van der Waals surface area contributed by atoms with E-state index in [9.17, 15) is 4.79 Å². The summed E-state index contributed by atoms with van der Waals surface area (Å²) in [6.07, 6.45) is 2.30. The average molecular weight is 325 g/mol. The molecule has 1 heterocycles. The molecule has 5 heteroatoms. The highest BCUT2D eigenvalue weighted by Gasteiger charge is 2.20. The van der Waals surface area contributed by atoms with Crippen molar-refractivity contribution in [2.75, 3.05) is 0 Å². The van der Waals surface area contributed by atoms with Crippen LogP contribution in [0.25, 0.3) is 0 Å². The Balaban J connectivity index is 2.57. The Morgan fingerprint density at radius 3 is 2.68 bits per heavy atom. The molecule has 0 spiro atoms. The van der Waals surface area contributed by atoms with Crippen molar-refractivity contribution in [3.05, 3.63) is 28.5 Å². The lowest BCUT2D eigenvalue weighted by molar-refractivity contribution is -0.155. The van der Waals surface area contributed by atoms with E-state index in [2.05, 4.69) is 27.0 Å². The minimum absolute atomic E-state index is 0.101. The Labute approximate surface area is 121 Å². The average Bonchev–Trinajstić information content (AvgIpc) is 2.28. The first kappa shape index (κ1) is 15.6. The van der Waals surface area contributed by atoms with E-state index >= 15 is 0 Å². The van der Waals surface area contributed by atoms with Crippen LogP contribution < -0.4 is 0 Å². The molecule has 1 atom stereocenters. The molecule has 1 unspecified atom stereocenters. The third-order valence-electron chi connectivity index (χ3n) is 2.29. The largest absolute Gasteiger partial charge is 0.460 e. The molecular formula is C14H17BrN2O2. The van der Waals surface area contributed by atoms with Gasteiger partial charge in [-0.3, -0.25) is 4.79 Å². The number of halogens is 1. The topological polar surface area (TPSA) is 63.0 Å². The molecule has 1 rings (SSSR count). The van der Waals surface area contributed by atoms with Crippen molar-refractivity contribution in [1.82, 2.24) is 4.98 Å². The fourth-order valence-electron chi connectivity index (χ4n) is 1.56. The normalized spacial score (nSPS) is 12.6. The third kappa shape index (κ3) is 6.35. The van der Waals surface area contributed by atoms with Crippen molar-refractivity contribution in [1.29, 1.82) is 5.26 Å². The van der Waals surface area contributed by atoms with Gasteiger partial charge in [0.15, 0.2) is 0 Å². The van der Waals surface area contributed by atoms with Gasteiger partial charge in [-0.2, -0.15) is 5.26 Å². The molecule has 0 radical (unpaired) electrons. The number of carbonyl (C=O) groups excluding carboxylic acids is 1. The van der Waals surface area contributed by atoms with Gasteiger partial charge in [-0.15, -0.1) is 0 Å². The fourth-order valence-corrected chi connectivity index (χ4v) is 1.79. The summed E-state index contributed by atoms with van der Waals surface area (Å²) in [6, 6.07) is 5.84. The molecular weight excluding hydrogens is 308 g/mol. The van der Waals surface area contributed by atoms with E-state index in [1.807, 2.05) is 32.9 Å². The Morgan fingerprint density at radius 1 is 1.53 bits per heavy atom. The summed E-state index contributed by atoms with van der Waals surface area (Å²) in [5.74, 6) is -0.734.